The third-order valence-electron chi connectivity index (χ3n) is 5.57. The molecule has 0 radical (unpaired) electrons. The van der Waals surface area contributed by atoms with Crippen LogP contribution in [0, 0.1) is 5.92 Å². The van der Waals surface area contributed by atoms with E-state index in [4.69, 9.17) is 10.5 Å². The molecule has 2 saturated heterocycles. The van der Waals surface area contributed by atoms with Gasteiger partial charge in [-0.05, 0) is 24.3 Å². The maximum Gasteiger partial charge on any atom is 0.277 e. The number of amides is 2. The highest BCUT2D eigenvalue weighted by Gasteiger charge is 2.29. The van der Waals surface area contributed by atoms with Crippen molar-refractivity contribution < 1.29 is 19.2 Å². The monoisotopic (exact) mass is 361 g/mol. The fourth-order valence-corrected chi connectivity index (χ4v) is 3.82. The highest BCUT2D eigenvalue weighted by Crippen LogP contribution is 2.20. The van der Waals surface area contributed by atoms with Crippen molar-refractivity contribution in [3.05, 3.63) is 24.3 Å². The van der Waals surface area contributed by atoms with Gasteiger partial charge in [0, 0.05) is 50.6 Å². The molecule has 0 aromatic heterocycles. The lowest BCUT2D eigenvalue weighted by atomic mass is 9.96. The minimum absolute atomic E-state index is 0.0121. The second kappa shape index (κ2) is 8.40. The van der Waals surface area contributed by atoms with Crippen LogP contribution < -0.4 is 20.3 Å². The molecule has 0 saturated carbocycles. The number of hydrogen-bond acceptors (Lipinski definition) is 4. The Morgan fingerprint density at radius 2 is 1.73 bits per heavy atom. The zero-order valence-corrected chi connectivity index (χ0v) is 15.4. The molecule has 7 heteroatoms. The Kier molecular flexibility index (Phi) is 5.98. The second-order valence-electron chi connectivity index (χ2n) is 7.17. The van der Waals surface area contributed by atoms with Gasteiger partial charge in [0.1, 0.15) is 5.75 Å². The van der Waals surface area contributed by atoms with Crippen LogP contribution in [0.4, 0.5) is 5.69 Å². The first-order chi connectivity index (χ1) is 12.6. The summed E-state index contributed by atoms with van der Waals surface area (Å²) in [6.45, 7) is 5.42. The quantitative estimate of drug-likeness (QED) is 0.714. The van der Waals surface area contributed by atoms with Crippen molar-refractivity contribution >= 4 is 17.5 Å². The van der Waals surface area contributed by atoms with E-state index in [2.05, 4.69) is 17.0 Å². The number of anilines is 1. The second-order valence-corrected chi connectivity index (χ2v) is 7.17. The molecule has 2 aliphatic heterocycles. The number of benzene rings is 1. The standard InChI is InChI=1S/C19H28N4O3/c1-26-17-4-2-16(3-5-17)22-10-12-23(13-11-22)18(24)14-21-8-6-15(7-9-21)19(20)25/h2-5,15H,6-14H2,1H3,(H2,20,25)/p+1. The number of piperidine rings is 1. The Balaban J connectivity index is 1.44. The Morgan fingerprint density at radius 3 is 2.27 bits per heavy atom. The molecule has 0 aliphatic carbocycles. The summed E-state index contributed by atoms with van der Waals surface area (Å²) in [5.74, 6) is 0.851. The van der Waals surface area contributed by atoms with E-state index in [1.807, 2.05) is 17.0 Å². The number of nitrogens with two attached hydrogens (primary N) is 1. The van der Waals surface area contributed by atoms with Gasteiger partial charge in [0.05, 0.1) is 20.2 Å². The third kappa shape index (κ3) is 4.46. The molecule has 0 atom stereocenters. The third-order valence-corrected chi connectivity index (χ3v) is 5.57. The van der Waals surface area contributed by atoms with Gasteiger partial charge < -0.3 is 25.2 Å². The molecule has 0 spiro atoms. The summed E-state index contributed by atoms with van der Waals surface area (Å²) in [5, 5.41) is 0. The van der Waals surface area contributed by atoms with Crippen LogP contribution in [0.5, 0.6) is 5.75 Å². The molecule has 2 aliphatic rings. The van der Waals surface area contributed by atoms with Crippen LogP contribution in [0.25, 0.3) is 0 Å². The lowest BCUT2D eigenvalue weighted by Gasteiger charge is -2.37. The molecule has 142 valence electrons. The molecule has 26 heavy (non-hydrogen) atoms. The number of piperazine rings is 1. The summed E-state index contributed by atoms with van der Waals surface area (Å²) in [4.78, 5) is 29.4. The average Bonchev–Trinajstić information content (AvgIpc) is 2.68. The first-order valence-electron chi connectivity index (χ1n) is 9.36. The van der Waals surface area contributed by atoms with Gasteiger partial charge >= 0.3 is 0 Å². The van der Waals surface area contributed by atoms with E-state index in [0.29, 0.717) is 6.54 Å². The molecule has 3 rings (SSSR count). The number of nitrogens with zero attached hydrogens (tertiary/aromatic N) is 2. The van der Waals surface area contributed by atoms with E-state index in [0.717, 1.165) is 63.5 Å². The predicted molar refractivity (Wildman–Crippen MR) is 99.3 cm³/mol. The number of nitrogens with one attached hydrogen (secondary N) is 1. The number of primary amides is 1. The SMILES string of the molecule is COc1ccc(N2CCN(C(=O)C[NH+]3CCC(C(N)=O)CC3)CC2)cc1. The van der Waals surface area contributed by atoms with Crippen LogP contribution in [0.15, 0.2) is 24.3 Å². The first kappa shape index (κ1) is 18.5. The van der Waals surface area contributed by atoms with Crippen molar-refractivity contribution in [2.24, 2.45) is 11.7 Å². The van der Waals surface area contributed by atoms with Crippen molar-refractivity contribution in [3.8, 4) is 5.75 Å². The highest BCUT2D eigenvalue weighted by atomic mass is 16.5. The largest absolute Gasteiger partial charge is 0.497 e. The van der Waals surface area contributed by atoms with Crippen LogP contribution in [-0.4, -0.2) is 69.6 Å². The van der Waals surface area contributed by atoms with Gasteiger partial charge in [-0.1, -0.05) is 0 Å². The van der Waals surface area contributed by atoms with E-state index in [1.165, 1.54) is 4.90 Å². The minimum atomic E-state index is -0.204. The fraction of sp³-hybridized carbons (Fsp3) is 0.579. The van der Waals surface area contributed by atoms with Gasteiger partial charge in [-0.25, -0.2) is 0 Å². The molecule has 1 aromatic carbocycles. The maximum atomic E-state index is 12.6. The van der Waals surface area contributed by atoms with E-state index in [1.54, 1.807) is 7.11 Å². The van der Waals surface area contributed by atoms with Crippen LogP contribution in [0.1, 0.15) is 12.8 Å². The lowest BCUT2D eigenvalue weighted by Crippen LogP contribution is -3.14. The van der Waals surface area contributed by atoms with E-state index < -0.39 is 0 Å². The summed E-state index contributed by atoms with van der Waals surface area (Å²) in [5.41, 5.74) is 6.54. The minimum Gasteiger partial charge on any atom is -0.497 e. The Hall–Kier alpha value is -2.28. The molecule has 2 amide bonds. The highest BCUT2D eigenvalue weighted by molar-refractivity contribution is 5.78. The van der Waals surface area contributed by atoms with Crippen molar-refractivity contribution in [1.29, 1.82) is 0 Å². The van der Waals surface area contributed by atoms with Gasteiger partial charge in [-0.2, -0.15) is 0 Å². The summed E-state index contributed by atoms with van der Waals surface area (Å²) >= 11 is 0. The smallest absolute Gasteiger partial charge is 0.277 e. The maximum absolute atomic E-state index is 12.6. The number of carbonyl (C=O) groups excluding carboxylic acids is 2. The molecule has 2 fully saturated rings. The van der Waals surface area contributed by atoms with Crippen molar-refractivity contribution in [1.82, 2.24) is 4.90 Å². The number of likely N-dealkylation sites (tertiary alicyclic amines) is 1. The summed E-state index contributed by atoms with van der Waals surface area (Å²) in [7, 11) is 1.66. The van der Waals surface area contributed by atoms with Crippen LogP contribution >= 0.6 is 0 Å². The van der Waals surface area contributed by atoms with Gasteiger partial charge in [-0.15, -0.1) is 0 Å². The Bertz CT molecular complexity index is 618. The summed E-state index contributed by atoms with van der Waals surface area (Å²) in [6.07, 6.45) is 1.59. The first-order valence-corrected chi connectivity index (χ1v) is 9.36. The number of carbonyl (C=O) groups is 2. The average molecular weight is 361 g/mol. The predicted octanol–water partition coefficient (Wildman–Crippen LogP) is -0.876. The normalized spacial score (nSPS) is 23.6. The molecule has 0 bridgehead atoms. The van der Waals surface area contributed by atoms with Gasteiger partial charge in [0.25, 0.3) is 5.91 Å². The van der Waals surface area contributed by atoms with E-state index in [-0.39, 0.29) is 17.7 Å². The summed E-state index contributed by atoms with van der Waals surface area (Å²) in [6, 6.07) is 8.05. The van der Waals surface area contributed by atoms with Crippen molar-refractivity contribution in [3.63, 3.8) is 0 Å². The molecular weight excluding hydrogens is 332 g/mol. The Morgan fingerprint density at radius 1 is 1.12 bits per heavy atom. The van der Waals surface area contributed by atoms with Gasteiger partial charge in [-0.3, -0.25) is 9.59 Å². The van der Waals surface area contributed by atoms with Gasteiger partial charge in [0.2, 0.25) is 5.91 Å². The van der Waals surface area contributed by atoms with Crippen molar-refractivity contribution in [2.45, 2.75) is 12.8 Å². The Labute approximate surface area is 154 Å². The molecule has 1 aromatic rings. The molecule has 3 N–H and O–H groups in total. The van der Waals surface area contributed by atoms with Crippen molar-refractivity contribution in [2.75, 3.05) is 57.8 Å². The fourth-order valence-electron chi connectivity index (χ4n) is 3.82. The zero-order valence-electron chi connectivity index (χ0n) is 15.4. The van der Waals surface area contributed by atoms with E-state index in [9.17, 15) is 9.59 Å². The molecular formula is C19H29N4O3+. The number of rotatable bonds is 5. The number of quaternary nitrogens is 1. The summed E-state index contributed by atoms with van der Waals surface area (Å²) < 4.78 is 5.20. The molecule has 0 unspecified atom stereocenters. The number of ether oxygens (including phenoxy) is 1. The zero-order chi connectivity index (χ0) is 18.5. The number of methoxy groups -OCH3 is 1. The van der Waals surface area contributed by atoms with Crippen LogP contribution in [0.2, 0.25) is 0 Å². The van der Waals surface area contributed by atoms with Crippen LogP contribution in [0.3, 0.4) is 0 Å². The van der Waals surface area contributed by atoms with Crippen LogP contribution in [-0.2, 0) is 9.59 Å². The number of hydrogen-bond donors (Lipinski definition) is 2. The van der Waals surface area contributed by atoms with E-state index >= 15 is 0 Å². The molecule has 7 nitrogen and oxygen atoms in total. The lowest BCUT2D eigenvalue weighted by molar-refractivity contribution is -0.898. The molecule has 2 heterocycles. The van der Waals surface area contributed by atoms with Gasteiger partial charge in [0.15, 0.2) is 6.54 Å². The topological polar surface area (TPSA) is 80.3 Å².